The average molecular weight is 700 g/mol. The number of carbonyl (C=O) groups is 1. The SMILES string of the molecule is CCc1c(F)ccc2cc(O)cc(-c3ncc4c(N(CCCC(=O)n5ccc(C)n5)C5CC5)nc(OC[C@@]56CCCN5C[C@H](F)C6)nc4c3F)c12. The molecule has 1 aliphatic carbocycles. The Morgan fingerprint density at radius 2 is 2.02 bits per heavy atom. The van der Waals surface area contributed by atoms with Crippen molar-refractivity contribution in [1.29, 1.82) is 0 Å². The molecule has 0 bridgehead atoms. The van der Waals surface area contributed by atoms with Crippen LogP contribution in [0, 0.1) is 18.6 Å². The van der Waals surface area contributed by atoms with E-state index < -0.39 is 23.3 Å². The maximum Gasteiger partial charge on any atom is 0.319 e. The van der Waals surface area contributed by atoms with Gasteiger partial charge < -0.3 is 14.7 Å². The van der Waals surface area contributed by atoms with Crippen LogP contribution >= 0.6 is 0 Å². The van der Waals surface area contributed by atoms with Crippen LogP contribution in [0.4, 0.5) is 19.0 Å². The molecule has 2 aliphatic heterocycles. The van der Waals surface area contributed by atoms with Gasteiger partial charge >= 0.3 is 6.01 Å². The van der Waals surface area contributed by atoms with Crippen LogP contribution in [-0.4, -0.2) is 84.6 Å². The first-order chi connectivity index (χ1) is 24.6. The smallest absolute Gasteiger partial charge is 0.319 e. The van der Waals surface area contributed by atoms with Crippen LogP contribution in [0.2, 0.25) is 0 Å². The molecule has 2 aromatic carbocycles. The fourth-order valence-corrected chi connectivity index (χ4v) is 8.09. The number of aryl methyl sites for hydroxylation is 2. The molecule has 3 aromatic heterocycles. The first kappa shape index (κ1) is 33.4. The summed E-state index contributed by atoms with van der Waals surface area (Å²) in [5, 5.41) is 16.3. The number of pyridine rings is 1. The molecule has 5 aromatic rings. The molecule has 2 saturated heterocycles. The highest BCUT2D eigenvalue weighted by atomic mass is 19.1. The Morgan fingerprint density at radius 3 is 2.78 bits per heavy atom. The van der Waals surface area contributed by atoms with Crippen molar-refractivity contribution in [2.45, 2.75) is 83.0 Å². The molecule has 8 rings (SSSR count). The summed E-state index contributed by atoms with van der Waals surface area (Å²) in [4.78, 5) is 31.1. The highest BCUT2D eigenvalue weighted by Crippen LogP contribution is 2.43. The number of rotatable bonds is 11. The summed E-state index contributed by atoms with van der Waals surface area (Å²) in [5.41, 5.74) is 0.799. The second kappa shape index (κ2) is 13.1. The van der Waals surface area contributed by atoms with Crippen molar-refractivity contribution in [3.63, 3.8) is 0 Å². The van der Waals surface area contributed by atoms with E-state index in [2.05, 4.69) is 24.9 Å². The number of hydrogen-bond acceptors (Lipinski definition) is 9. The number of ether oxygens (including phenoxy) is 1. The minimum absolute atomic E-state index is 0.0322. The van der Waals surface area contributed by atoms with Crippen LogP contribution in [0.25, 0.3) is 32.9 Å². The highest BCUT2D eigenvalue weighted by Gasteiger charge is 2.49. The van der Waals surface area contributed by atoms with Gasteiger partial charge in [-0.25, -0.2) is 17.9 Å². The zero-order chi connectivity index (χ0) is 35.4. The predicted octanol–water partition coefficient (Wildman–Crippen LogP) is 6.94. The van der Waals surface area contributed by atoms with E-state index in [4.69, 9.17) is 9.72 Å². The summed E-state index contributed by atoms with van der Waals surface area (Å²) >= 11 is 0. The molecule has 0 spiro atoms. The number of phenols is 1. The third kappa shape index (κ3) is 6.15. The van der Waals surface area contributed by atoms with E-state index in [1.807, 2.05) is 13.8 Å². The molecule has 3 aliphatic rings. The van der Waals surface area contributed by atoms with Gasteiger partial charge in [-0.2, -0.15) is 15.1 Å². The molecule has 13 heteroatoms. The maximum absolute atomic E-state index is 17.0. The number of benzene rings is 2. The lowest BCUT2D eigenvalue weighted by molar-refractivity contribution is 0.0884. The lowest BCUT2D eigenvalue weighted by Gasteiger charge is -2.31. The maximum atomic E-state index is 17.0. The van der Waals surface area contributed by atoms with Crippen LogP contribution in [0.5, 0.6) is 11.8 Å². The molecule has 0 radical (unpaired) electrons. The second-order valence-electron chi connectivity index (χ2n) is 14.2. The van der Waals surface area contributed by atoms with Crippen LogP contribution < -0.4 is 9.64 Å². The Bertz CT molecular complexity index is 2160. The van der Waals surface area contributed by atoms with Crippen LogP contribution in [0.3, 0.4) is 0 Å². The summed E-state index contributed by atoms with van der Waals surface area (Å²) in [7, 11) is 0. The van der Waals surface area contributed by atoms with Crippen LogP contribution in [-0.2, 0) is 6.42 Å². The number of alkyl halides is 1. The summed E-state index contributed by atoms with van der Waals surface area (Å²) < 4.78 is 54.3. The van der Waals surface area contributed by atoms with Crippen molar-refractivity contribution in [2.75, 3.05) is 31.1 Å². The fraction of sp³-hybridized carbons (Fsp3) is 0.447. The first-order valence-corrected chi connectivity index (χ1v) is 17.8. The van der Waals surface area contributed by atoms with Gasteiger partial charge in [-0.05, 0) is 92.6 Å². The van der Waals surface area contributed by atoms with Gasteiger partial charge in [0, 0.05) is 49.9 Å². The lowest BCUT2D eigenvalue weighted by Crippen LogP contribution is -2.43. The fourth-order valence-electron chi connectivity index (χ4n) is 8.09. The van der Waals surface area contributed by atoms with Crippen LogP contribution in [0.1, 0.15) is 67.9 Å². The van der Waals surface area contributed by atoms with Crippen molar-refractivity contribution in [3.8, 4) is 23.0 Å². The largest absolute Gasteiger partial charge is 0.508 e. The van der Waals surface area contributed by atoms with E-state index >= 15 is 8.78 Å². The van der Waals surface area contributed by atoms with Gasteiger partial charge in [-0.3, -0.25) is 14.7 Å². The molecule has 10 nitrogen and oxygen atoms in total. The van der Waals surface area contributed by atoms with Crippen molar-refractivity contribution < 1.29 is 27.8 Å². The molecular weight excluding hydrogens is 659 g/mol. The molecule has 2 atom stereocenters. The summed E-state index contributed by atoms with van der Waals surface area (Å²) in [6, 6.07) is 7.68. The Morgan fingerprint density at radius 1 is 1.18 bits per heavy atom. The topological polar surface area (TPSA) is 110 Å². The third-order valence-corrected chi connectivity index (χ3v) is 10.7. The lowest BCUT2D eigenvalue weighted by atomic mass is 9.94. The van der Waals surface area contributed by atoms with E-state index in [1.54, 1.807) is 18.3 Å². The molecule has 0 unspecified atom stereocenters. The molecular formula is C38H40F3N7O3. The molecule has 5 heterocycles. The monoisotopic (exact) mass is 699 g/mol. The van der Waals surface area contributed by atoms with Gasteiger partial charge in [0.25, 0.3) is 0 Å². The minimum Gasteiger partial charge on any atom is -0.508 e. The predicted molar refractivity (Wildman–Crippen MR) is 187 cm³/mol. The summed E-state index contributed by atoms with van der Waals surface area (Å²) in [5.74, 6) is -0.985. The van der Waals surface area contributed by atoms with E-state index in [-0.39, 0.29) is 53.5 Å². The molecule has 266 valence electrons. The van der Waals surface area contributed by atoms with Crippen molar-refractivity contribution >= 4 is 33.4 Å². The van der Waals surface area contributed by atoms with Gasteiger partial charge in [0.1, 0.15) is 41.4 Å². The summed E-state index contributed by atoms with van der Waals surface area (Å²) in [6.45, 7) is 5.42. The second-order valence-corrected chi connectivity index (χ2v) is 14.2. The number of hydrogen-bond donors (Lipinski definition) is 1. The Balaban J connectivity index is 1.21. The van der Waals surface area contributed by atoms with Gasteiger partial charge in [-0.15, -0.1) is 0 Å². The quantitative estimate of drug-likeness (QED) is 0.157. The minimum atomic E-state index is -0.943. The van der Waals surface area contributed by atoms with E-state index in [9.17, 15) is 14.3 Å². The van der Waals surface area contributed by atoms with Crippen molar-refractivity contribution in [2.24, 2.45) is 0 Å². The number of phenolic OH excluding ortho intramolecular Hbond substituents is 1. The number of fused-ring (bicyclic) bond motifs is 3. The normalized spacial score (nSPS) is 20.4. The number of nitrogens with zero attached hydrogens (tertiary/aromatic N) is 7. The van der Waals surface area contributed by atoms with E-state index in [1.165, 1.54) is 29.1 Å². The number of aromatic hydroxyl groups is 1. The van der Waals surface area contributed by atoms with Gasteiger partial charge in [-0.1, -0.05) is 13.0 Å². The van der Waals surface area contributed by atoms with E-state index in [0.29, 0.717) is 59.9 Å². The molecule has 3 fully saturated rings. The number of halogens is 3. The average Bonchev–Trinajstić information content (AvgIpc) is 3.61. The van der Waals surface area contributed by atoms with E-state index in [0.717, 1.165) is 37.9 Å². The Kier molecular flexibility index (Phi) is 8.56. The van der Waals surface area contributed by atoms with Gasteiger partial charge in [0.05, 0.1) is 16.6 Å². The zero-order valence-electron chi connectivity index (χ0n) is 28.7. The van der Waals surface area contributed by atoms with Crippen molar-refractivity contribution in [3.05, 3.63) is 65.6 Å². The van der Waals surface area contributed by atoms with Crippen molar-refractivity contribution in [1.82, 2.24) is 29.6 Å². The highest BCUT2D eigenvalue weighted by molar-refractivity contribution is 6.01. The standard InChI is InChI=1S/C38H40F3N7O3/c1-3-27-30(40)10-7-23-16-26(49)17-28(32(23)27)34-33(41)35-29(19-42-34)36(44-37(43-35)51-21-38-12-5-13-46(38)20-24(39)18-38)47(25-8-9-25)14-4-6-31(50)48-15-11-22(2)45-48/h7,10-11,15-17,19,24-25,49H,3-6,8-9,12-14,18,20-21H2,1-2H3/t24-,38+/m1/s1. The zero-order valence-corrected chi connectivity index (χ0v) is 28.7. The summed E-state index contributed by atoms with van der Waals surface area (Å²) in [6.07, 6.45) is 7.20. The molecule has 0 amide bonds. The Labute approximate surface area is 293 Å². The first-order valence-electron chi connectivity index (χ1n) is 17.8. The number of aromatic nitrogens is 5. The van der Waals surface area contributed by atoms with Gasteiger partial charge in [0.2, 0.25) is 5.91 Å². The van der Waals surface area contributed by atoms with Gasteiger partial charge in [0.15, 0.2) is 5.82 Å². The third-order valence-electron chi connectivity index (χ3n) is 10.7. The van der Waals surface area contributed by atoms with Crippen LogP contribution in [0.15, 0.2) is 42.7 Å². The number of anilines is 1. The number of carbonyl (C=O) groups excluding carboxylic acids is 1. The molecule has 1 N–H and O–H groups in total. The molecule has 51 heavy (non-hydrogen) atoms. The Hall–Kier alpha value is -4.78. The molecule has 1 saturated carbocycles.